The van der Waals surface area contributed by atoms with Crippen LogP contribution in [0.15, 0.2) is 42.5 Å². The van der Waals surface area contributed by atoms with E-state index in [4.69, 9.17) is 4.74 Å². The van der Waals surface area contributed by atoms with E-state index in [0.29, 0.717) is 0 Å². The van der Waals surface area contributed by atoms with Gasteiger partial charge in [0.15, 0.2) is 6.73 Å². The maximum atomic E-state index is 11.9. The van der Waals surface area contributed by atoms with E-state index >= 15 is 0 Å². The summed E-state index contributed by atoms with van der Waals surface area (Å²) < 4.78 is 5.59. The fraction of sp³-hybridized carbons (Fsp3) is 0.350. The molecule has 4 heteroatoms. The summed E-state index contributed by atoms with van der Waals surface area (Å²) in [5, 5.41) is 5.50. The number of hydrogen-bond donors (Lipinski definition) is 2. The van der Waals surface area contributed by atoms with E-state index in [0.717, 1.165) is 23.4 Å². The van der Waals surface area contributed by atoms with Gasteiger partial charge < -0.3 is 15.4 Å². The minimum absolute atomic E-state index is 0.129. The number of benzene rings is 2. The molecule has 0 aliphatic rings. The van der Waals surface area contributed by atoms with Crippen LogP contribution in [-0.4, -0.2) is 12.8 Å². The number of rotatable bonds is 7. The first-order valence-electron chi connectivity index (χ1n) is 8.42. The van der Waals surface area contributed by atoms with Gasteiger partial charge in [0.2, 0.25) is 0 Å². The molecule has 0 aliphatic heterocycles. The maximum absolute atomic E-state index is 11.9. The Morgan fingerprint density at radius 1 is 1.08 bits per heavy atom. The molecule has 0 heterocycles. The van der Waals surface area contributed by atoms with E-state index in [1.807, 2.05) is 38.1 Å². The predicted octanol–water partition coefficient (Wildman–Crippen LogP) is 4.80. The summed E-state index contributed by atoms with van der Waals surface area (Å²) in [6, 6.07) is 13.6. The summed E-state index contributed by atoms with van der Waals surface area (Å²) in [5.41, 5.74) is 4.31. The first-order valence-corrected chi connectivity index (χ1v) is 8.42. The van der Waals surface area contributed by atoms with Gasteiger partial charge in [-0.05, 0) is 56.0 Å². The Morgan fingerprint density at radius 2 is 1.83 bits per heavy atom. The number of ether oxygens (including phenoxy) is 1. The third-order valence-corrected chi connectivity index (χ3v) is 3.82. The van der Waals surface area contributed by atoms with E-state index in [9.17, 15) is 4.79 Å². The number of amides is 2. The second-order valence-corrected chi connectivity index (χ2v) is 5.99. The van der Waals surface area contributed by atoms with Gasteiger partial charge in [-0.3, -0.25) is 0 Å². The van der Waals surface area contributed by atoms with Crippen molar-refractivity contribution in [3.63, 3.8) is 0 Å². The second kappa shape index (κ2) is 8.96. The Bertz CT molecular complexity index is 666. The highest BCUT2D eigenvalue weighted by molar-refractivity contribution is 5.89. The number of carbonyl (C=O) groups excluding carboxylic acids is 1. The van der Waals surface area contributed by atoms with Crippen molar-refractivity contribution in [2.45, 2.75) is 40.0 Å². The molecule has 0 fully saturated rings. The summed E-state index contributed by atoms with van der Waals surface area (Å²) in [7, 11) is 0. The molecule has 0 aromatic heterocycles. The number of unbranched alkanes of at least 4 members (excludes halogenated alkanes) is 1. The van der Waals surface area contributed by atoms with E-state index < -0.39 is 0 Å². The van der Waals surface area contributed by atoms with Crippen molar-refractivity contribution in [1.29, 1.82) is 0 Å². The zero-order valence-corrected chi connectivity index (χ0v) is 14.7. The standard InChI is InChI=1S/C20H26N2O2/c1-4-5-6-17-8-10-18(11-9-17)22-20(23)21-14-24-19-12-7-15(2)13-16(19)3/h7-13H,4-6,14H2,1-3H3,(H2,21,22,23). The number of carbonyl (C=O) groups is 1. The molecule has 2 aromatic rings. The Hall–Kier alpha value is -2.49. The van der Waals surface area contributed by atoms with Crippen molar-refractivity contribution >= 4 is 11.7 Å². The molecule has 0 aliphatic carbocycles. The predicted molar refractivity (Wildman–Crippen MR) is 98.6 cm³/mol. The van der Waals surface area contributed by atoms with E-state index in [1.165, 1.54) is 24.0 Å². The van der Waals surface area contributed by atoms with Crippen molar-refractivity contribution in [1.82, 2.24) is 5.32 Å². The van der Waals surface area contributed by atoms with Crippen LogP contribution in [0.5, 0.6) is 5.75 Å². The first kappa shape index (κ1) is 17.9. The van der Waals surface area contributed by atoms with Gasteiger partial charge in [0.25, 0.3) is 0 Å². The first-order chi connectivity index (χ1) is 11.6. The molecule has 0 bridgehead atoms. The van der Waals surface area contributed by atoms with Gasteiger partial charge in [0, 0.05) is 5.69 Å². The van der Waals surface area contributed by atoms with Crippen LogP contribution in [0, 0.1) is 13.8 Å². The molecule has 0 unspecified atom stereocenters. The lowest BCUT2D eigenvalue weighted by atomic mass is 10.1. The summed E-state index contributed by atoms with van der Waals surface area (Å²) in [4.78, 5) is 11.9. The normalized spacial score (nSPS) is 10.3. The zero-order chi connectivity index (χ0) is 17.4. The van der Waals surface area contributed by atoms with E-state index in [2.05, 4.69) is 35.8 Å². The molecule has 0 atom stereocenters. The second-order valence-electron chi connectivity index (χ2n) is 5.99. The van der Waals surface area contributed by atoms with E-state index in [-0.39, 0.29) is 12.8 Å². The van der Waals surface area contributed by atoms with Crippen molar-refractivity contribution in [2.75, 3.05) is 12.0 Å². The monoisotopic (exact) mass is 326 g/mol. The molecule has 0 saturated carbocycles. The van der Waals surface area contributed by atoms with Crippen LogP contribution in [-0.2, 0) is 6.42 Å². The van der Waals surface area contributed by atoms with Gasteiger partial charge in [-0.15, -0.1) is 0 Å². The number of urea groups is 1. The molecular formula is C20H26N2O2. The van der Waals surface area contributed by atoms with Crippen LogP contribution >= 0.6 is 0 Å². The Morgan fingerprint density at radius 3 is 2.50 bits per heavy atom. The number of nitrogens with one attached hydrogen (secondary N) is 2. The summed E-state index contributed by atoms with van der Waals surface area (Å²) in [6.07, 6.45) is 3.44. The number of anilines is 1. The molecule has 24 heavy (non-hydrogen) atoms. The van der Waals surface area contributed by atoms with Crippen LogP contribution < -0.4 is 15.4 Å². The lowest BCUT2D eigenvalue weighted by Gasteiger charge is -2.12. The van der Waals surface area contributed by atoms with Crippen LogP contribution in [0.1, 0.15) is 36.5 Å². The highest BCUT2D eigenvalue weighted by Crippen LogP contribution is 2.18. The molecular weight excluding hydrogens is 300 g/mol. The smallest absolute Gasteiger partial charge is 0.321 e. The Kier molecular flexibility index (Phi) is 6.67. The summed E-state index contributed by atoms with van der Waals surface area (Å²) >= 11 is 0. The zero-order valence-electron chi connectivity index (χ0n) is 14.7. The lowest BCUT2D eigenvalue weighted by molar-refractivity contribution is 0.234. The van der Waals surface area contributed by atoms with Gasteiger partial charge in [-0.1, -0.05) is 43.2 Å². The van der Waals surface area contributed by atoms with Crippen molar-refractivity contribution in [2.24, 2.45) is 0 Å². The van der Waals surface area contributed by atoms with Crippen molar-refractivity contribution in [3.8, 4) is 5.75 Å². The Labute approximate surface area is 144 Å². The SMILES string of the molecule is CCCCc1ccc(NC(=O)NCOc2ccc(C)cc2C)cc1. The van der Waals surface area contributed by atoms with Gasteiger partial charge in [0.05, 0.1) is 0 Å². The minimum Gasteiger partial charge on any atom is -0.473 e. The molecule has 0 spiro atoms. The molecule has 128 valence electrons. The van der Waals surface area contributed by atoms with Crippen LogP contribution in [0.25, 0.3) is 0 Å². The fourth-order valence-electron chi connectivity index (χ4n) is 2.45. The van der Waals surface area contributed by atoms with Gasteiger partial charge in [0.1, 0.15) is 5.75 Å². The average Bonchev–Trinajstić information content (AvgIpc) is 2.56. The van der Waals surface area contributed by atoms with Gasteiger partial charge in [-0.2, -0.15) is 0 Å². The molecule has 2 N–H and O–H groups in total. The van der Waals surface area contributed by atoms with Gasteiger partial charge in [-0.25, -0.2) is 4.79 Å². The van der Waals surface area contributed by atoms with Crippen LogP contribution in [0.3, 0.4) is 0 Å². The van der Waals surface area contributed by atoms with Crippen molar-refractivity contribution in [3.05, 3.63) is 59.2 Å². The number of aryl methyl sites for hydroxylation is 3. The quantitative estimate of drug-likeness (QED) is 0.718. The highest BCUT2D eigenvalue weighted by atomic mass is 16.5. The highest BCUT2D eigenvalue weighted by Gasteiger charge is 2.03. The third kappa shape index (κ3) is 5.61. The van der Waals surface area contributed by atoms with Crippen molar-refractivity contribution < 1.29 is 9.53 Å². The fourth-order valence-corrected chi connectivity index (χ4v) is 2.45. The van der Waals surface area contributed by atoms with Crippen LogP contribution in [0.4, 0.5) is 10.5 Å². The minimum atomic E-state index is -0.277. The largest absolute Gasteiger partial charge is 0.473 e. The average molecular weight is 326 g/mol. The lowest BCUT2D eigenvalue weighted by Crippen LogP contribution is -2.32. The van der Waals surface area contributed by atoms with E-state index in [1.54, 1.807) is 0 Å². The van der Waals surface area contributed by atoms with Crippen LogP contribution in [0.2, 0.25) is 0 Å². The molecule has 0 saturated heterocycles. The molecule has 2 amide bonds. The number of hydrogen-bond acceptors (Lipinski definition) is 2. The molecule has 2 rings (SSSR count). The van der Waals surface area contributed by atoms with Gasteiger partial charge >= 0.3 is 6.03 Å². The Balaban J connectivity index is 1.76. The maximum Gasteiger partial charge on any atom is 0.321 e. The molecule has 0 radical (unpaired) electrons. The molecule has 4 nitrogen and oxygen atoms in total. The summed E-state index contributed by atoms with van der Waals surface area (Å²) in [5.74, 6) is 0.779. The topological polar surface area (TPSA) is 50.4 Å². The summed E-state index contributed by atoms with van der Waals surface area (Å²) in [6.45, 7) is 6.34. The third-order valence-electron chi connectivity index (χ3n) is 3.82. The molecule has 2 aromatic carbocycles.